The average molecular weight is 1120 g/mol. The number of ether oxygens (including phenoxy) is 1. The predicted molar refractivity (Wildman–Crippen MR) is 352 cm³/mol. The fourth-order valence-corrected chi connectivity index (χ4v) is 11.4. The second-order valence-corrected chi connectivity index (χ2v) is 24.9. The van der Waals surface area contributed by atoms with Crippen molar-refractivity contribution >= 4 is 11.9 Å². The number of allylic oxidation sites excluding steroid dienone is 5. The lowest BCUT2D eigenvalue weighted by molar-refractivity contribution is -0.143. The number of rotatable bonds is 68. The largest absolute Gasteiger partial charge is 0.466 e. The quantitative estimate of drug-likeness (QED) is 0.0320. The summed E-state index contributed by atoms with van der Waals surface area (Å²) in [5, 5.41) is 23.2. The van der Waals surface area contributed by atoms with Crippen molar-refractivity contribution in [2.75, 3.05) is 13.2 Å². The van der Waals surface area contributed by atoms with Gasteiger partial charge in [-0.15, -0.1) is 0 Å². The number of unbranched alkanes of at least 4 members (excludes halogenated alkanes) is 53. The Kier molecular flexibility index (Phi) is 67.9. The summed E-state index contributed by atoms with van der Waals surface area (Å²) in [4.78, 5) is 24.6. The first kappa shape index (κ1) is 78.1. The van der Waals surface area contributed by atoms with Crippen LogP contribution in [0, 0.1) is 0 Å². The molecule has 0 saturated heterocycles. The molecule has 80 heavy (non-hydrogen) atoms. The molecule has 0 aromatic rings. The SMILES string of the molecule is CCCCCC/C=C\C/C=C\CCCCCCCCCC(=O)OCCCCCCCCCCCCCCCCCCCCCCCCCCCC(=O)NC(CO)C(O)/C=C/CCCCCCCCCCCCCCCCCCCC. The topological polar surface area (TPSA) is 95.9 Å². The highest BCUT2D eigenvalue weighted by molar-refractivity contribution is 5.76. The molecule has 472 valence electrons. The van der Waals surface area contributed by atoms with Crippen LogP contribution in [-0.4, -0.2) is 47.4 Å². The van der Waals surface area contributed by atoms with Gasteiger partial charge in [0.1, 0.15) is 0 Å². The Balaban J connectivity index is 3.38. The van der Waals surface area contributed by atoms with Gasteiger partial charge in [-0.25, -0.2) is 0 Å². The zero-order valence-corrected chi connectivity index (χ0v) is 54.1. The Morgan fingerprint density at radius 2 is 0.625 bits per heavy atom. The molecule has 0 aromatic carbocycles. The van der Waals surface area contributed by atoms with Gasteiger partial charge < -0.3 is 20.3 Å². The number of carbonyl (C=O) groups excluding carboxylic acids is 2. The summed E-state index contributed by atoms with van der Waals surface area (Å²) in [5.74, 6) is -0.0534. The van der Waals surface area contributed by atoms with Crippen LogP contribution in [0.3, 0.4) is 0 Å². The summed E-state index contributed by atoms with van der Waals surface area (Å²) in [5.41, 5.74) is 0. The Morgan fingerprint density at radius 1 is 0.350 bits per heavy atom. The minimum absolute atomic E-state index is 0.00924. The Bertz CT molecular complexity index is 1300. The molecule has 2 unspecified atom stereocenters. The third kappa shape index (κ3) is 65.2. The van der Waals surface area contributed by atoms with Crippen molar-refractivity contribution < 1.29 is 24.5 Å². The monoisotopic (exact) mass is 1120 g/mol. The van der Waals surface area contributed by atoms with Gasteiger partial charge in [-0.3, -0.25) is 9.59 Å². The first-order chi connectivity index (χ1) is 39.5. The van der Waals surface area contributed by atoms with E-state index < -0.39 is 12.1 Å². The number of aliphatic hydroxyl groups is 2. The molecule has 2 atom stereocenters. The van der Waals surface area contributed by atoms with E-state index in [0.29, 0.717) is 19.4 Å². The molecule has 0 fully saturated rings. The van der Waals surface area contributed by atoms with Crippen LogP contribution in [0.15, 0.2) is 36.5 Å². The molecule has 6 heteroatoms. The summed E-state index contributed by atoms with van der Waals surface area (Å²) >= 11 is 0. The summed E-state index contributed by atoms with van der Waals surface area (Å²) in [6.07, 6.45) is 89.4. The lowest BCUT2D eigenvalue weighted by atomic mass is 10.0. The Morgan fingerprint density at radius 3 is 0.963 bits per heavy atom. The molecule has 1 amide bonds. The third-order valence-corrected chi connectivity index (χ3v) is 16.9. The summed E-state index contributed by atoms with van der Waals surface area (Å²) in [6, 6.07) is -0.628. The molecule has 0 aliphatic rings. The lowest BCUT2D eigenvalue weighted by Crippen LogP contribution is -2.45. The average Bonchev–Trinajstić information content (AvgIpc) is 3.46. The normalized spacial score (nSPS) is 12.7. The van der Waals surface area contributed by atoms with Gasteiger partial charge in [-0.05, 0) is 64.2 Å². The van der Waals surface area contributed by atoms with Crippen molar-refractivity contribution in [1.82, 2.24) is 5.32 Å². The predicted octanol–water partition coefficient (Wildman–Crippen LogP) is 23.5. The van der Waals surface area contributed by atoms with Gasteiger partial charge in [0.15, 0.2) is 0 Å². The van der Waals surface area contributed by atoms with Gasteiger partial charge in [-0.2, -0.15) is 0 Å². The smallest absolute Gasteiger partial charge is 0.305 e. The minimum atomic E-state index is -0.844. The molecule has 0 aliphatic heterocycles. The van der Waals surface area contributed by atoms with E-state index >= 15 is 0 Å². The summed E-state index contributed by atoms with van der Waals surface area (Å²) < 4.78 is 5.50. The standard InChI is InChI=1S/C74H141NO5/c1-3-5-7-9-11-13-15-17-19-21-23-31-34-38-42-46-50-54-58-62-66-72(77)71(70-76)75-73(78)67-63-59-55-51-47-43-39-35-32-29-27-25-24-26-28-30-33-37-41-45-49-53-57-61-65-69-80-74(79)68-64-60-56-52-48-44-40-36-22-20-18-16-14-12-10-8-6-4-2/h14,16,20,22,62,66,71-72,76-77H,3-13,15,17-19,21,23-61,63-65,67-70H2,1-2H3,(H,75,78)/b16-14-,22-20-,66-62+. The zero-order valence-electron chi connectivity index (χ0n) is 54.1. The van der Waals surface area contributed by atoms with E-state index in [1.165, 1.54) is 321 Å². The van der Waals surface area contributed by atoms with Crippen LogP contribution in [0.4, 0.5) is 0 Å². The van der Waals surface area contributed by atoms with Crippen LogP contribution in [0.2, 0.25) is 0 Å². The number of amides is 1. The van der Waals surface area contributed by atoms with E-state index in [9.17, 15) is 19.8 Å². The first-order valence-electron chi connectivity index (χ1n) is 36.3. The molecule has 0 heterocycles. The Hall–Kier alpha value is -1.92. The molecule has 0 saturated carbocycles. The first-order valence-corrected chi connectivity index (χ1v) is 36.3. The van der Waals surface area contributed by atoms with Gasteiger partial charge in [0.25, 0.3) is 0 Å². The van der Waals surface area contributed by atoms with Crippen molar-refractivity contribution in [1.29, 1.82) is 0 Å². The fourth-order valence-electron chi connectivity index (χ4n) is 11.4. The van der Waals surface area contributed by atoms with Crippen LogP contribution < -0.4 is 5.32 Å². The maximum atomic E-state index is 12.5. The third-order valence-electron chi connectivity index (χ3n) is 16.9. The van der Waals surface area contributed by atoms with Gasteiger partial charge in [0, 0.05) is 12.8 Å². The van der Waals surface area contributed by atoms with Gasteiger partial charge in [-0.1, -0.05) is 359 Å². The van der Waals surface area contributed by atoms with E-state index in [2.05, 4.69) is 43.5 Å². The van der Waals surface area contributed by atoms with Crippen LogP contribution in [0.1, 0.15) is 399 Å². The molecular formula is C74H141NO5. The van der Waals surface area contributed by atoms with E-state index in [0.717, 1.165) is 51.4 Å². The van der Waals surface area contributed by atoms with Crippen molar-refractivity contribution in [2.45, 2.75) is 411 Å². The van der Waals surface area contributed by atoms with E-state index in [1.54, 1.807) is 6.08 Å². The maximum absolute atomic E-state index is 12.5. The summed E-state index contributed by atoms with van der Waals surface area (Å²) in [6.45, 7) is 4.92. The van der Waals surface area contributed by atoms with Gasteiger partial charge >= 0.3 is 5.97 Å². The fraction of sp³-hybridized carbons (Fsp3) is 0.892. The van der Waals surface area contributed by atoms with Crippen LogP contribution in [0.25, 0.3) is 0 Å². The van der Waals surface area contributed by atoms with E-state index in [-0.39, 0.29) is 18.5 Å². The van der Waals surface area contributed by atoms with Crippen LogP contribution in [-0.2, 0) is 14.3 Å². The molecule has 0 rings (SSSR count). The van der Waals surface area contributed by atoms with Crippen molar-refractivity contribution in [3.8, 4) is 0 Å². The highest BCUT2D eigenvalue weighted by Gasteiger charge is 2.18. The zero-order chi connectivity index (χ0) is 57.8. The molecule has 0 spiro atoms. The van der Waals surface area contributed by atoms with Crippen LogP contribution >= 0.6 is 0 Å². The van der Waals surface area contributed by atoms with E-state index in [4.69, 9.17) is 4.74 Å². The summed E-state index contributed by atoms with van der Waals surface area (Å²) in [7, 11) is 0. The lowest BCUT2D eigenvalue weighted by Gasteiger charge is -2.20. The molecule has 3 N–H and O–H groups in total. The number of hydrogen-bond donors (Lipinski definition) is 3. The number of hydrogen-bond acceptors (Lipinski definition) is 5. The second-order valence-electron chi connectivity index (χ2n) is 24.9. The molecule has 0 radical (unpaired) electrons. The van der Waals surface area contributed by atoms with Gasteiger partial charge in [0.2, 0.25) is 5.91 Å². The van der Waals surface area contributed by atoms with Crippen molar-refractivity contribution in [3.63, 3.8) is 0 Å². The number of nitrogens with one attached hydrogen (secondary N) is 1. The highest BCUT2D eigenvalue weighted by Crippen LogP contribution is 2.19. The van der Waals surface area contributed by atoms with Crippen molar-refractivity contribution in [3.05, 3.63) is 36.5 Å². The van der Waals surface area contributed by atoms with E-state index in [1.807, 2.05) is 6.08 Å². The van der Waals surface area contributed by atoms with Gasteiger partial charge in [0.05, 0.1) is 25.4 Å². The molecule has 6 nitrogen and oxygen atoms in total. The minimum Gasteiger partial charge on any atom is -0.466 e. The van der Waals surface area contributed by atoms with Crippen molar-refractivity contribution in [2.24, 2.45) is 0 Å². The molecule has 0 aliphatic carbocycles. The molecule has 0 aromatic heterocycles. The number of esters is 1. The Labute approximate surface area is 500 Å². The second kappa shape index (κ2) is 69.6. The highest BCUT2D eigenvalue weighted by atomic mass is 16.5. The molecule has 0 bridgehead atoms. The molecular weight excluding hydrogens is 983 g/mol. The van der Waals surface area contributed by atoms with Crippen LogP contribution in [0.5, 0.6) is 0 Å². The number of aliphatic hydroxyl groups excluding tert-OH is 2. The maximum Gasteiger partial charge on any atom is 0.305 e. The number of carbonyl (C=O) groups is 2.